The third-order valence-corrected chi connectivity index (χ3v) is 6.32. The number of primary amides is 1. The molecule has 0 fully saturated rings. The average molecular weight is 445 g/mol. The predicted octanol–water partition coefficient (Wildman–Crippen LogP) is 3.70. The Hall–Kier alpha value is -2.85. The Morgan fingerprint density at radius 2 is 1.93 bits per heavy atom. The standard InChI is InChI=1S/C20H24N6O2S2/c1-4-14(26-19(22)24-25-20(26)29-5-2)17(28)23-18-15(16(21)27)13(10-30-18)12-8-6-11(3)7-9-12/h6-10,14H,4-5H2,1-3H3,(H2,21,27)(H2,22,24)(H,23,28). The van der Waals surface area contributed by atoms with Gasteiger partial charge in [-0.2, -0.15) is 0 Å². The fraction of sp³-hybridized carbons (Fsp3) is 0.300. The van der Waals surface area contributed by atoms with Crippen LogP contribution in [0.3, 0.4) is 0 Å². The van der Waals surface area contributed by atoms with E-state index in [1.54, 1.807) is 4.57 Å². The van der Waals surface area contributed by atoms with Crippen molar-refractivity contribution in [1.82, 2.24) is 14.8 Å². The lowest BCUT2D eigenvalue weighted by Gasteiger charge is -2.18. The van der Waals surface area contributed by atoms with E-state index < -0.39 is 11.9 Å². The quantitative estimate of drug-likeness (QED) is 0.454. The Labute approximate surface area is 183 Å². The van der Waals surface area contributed by atoms with Crippen molar-refractivity contribution in [1.29, 1.82) is 0 Å². The van der Waals surface area contributed by atoms with Crippen LogP contribution < -0.4 is 16.8 Å². The highest BCUT2D eigenvalue weighted by Gasteiger charge is 2.27. The van der Waals surface area contributed by atoms with Crippen molar-refractivity contribution in [2.24, 2.45) is 5.73 Å². The van der Waals surface area contributed by atoms with E-state index in [1.807, 2.05) is 50.4 Å². The number of benzene rings is 1. The first-order chi connectivity index (χ1) is 14.4. The van der Waals surface area contributed by atoms with E-state index in [0.29, 0.717) is 27.7 Å². The van der Waals surface area contributed by atoms with Gasteiger partial charge in [0.15, 0.2) is 5.16 Å². The first-order valence-corrected chi connectivity index (χ1v) is 11.4. The van der Waals surface area contributed by atoms with Crippen molar-refractivity contribution >= 4 is 45.9 Å². The molecule has 0 spiro atoms. The normalized spacial score (nSPS) is 12.0. The smallest absolute Gasteiger partial charge is 0.252 e. The second-order valence-electron chi connectivity index (χ2n) is 6.64. The van der Waals surface area contributed by atoms with E-state index in [9.17, 15) is 9.59 Å². The molecule has 5 N–H and O–H groups in total. The summed E-state index contributed by atoms with van der Waals surface area (Å²) in [6.07, 6.45) is 0.480. The molecule has 0 saturated heterocycles. The summed E-state index contributed by atoms with van der Waals surface area (Å²) < 4.78 is 1.63. The molecule has 2 amide bonds. The van der Waals surface area contributed by atoms with Gasteiger partial charge in [-0.25, -0.2) is 0 Å². The molecule has 2 aromatic heterocycles. The number of carbonyl (C=O) groups is 2. The lowest BCUT2D eigenvalue weighted by atomic mass is 10.0. The first kappa shape index (κ1) is 21.8. The topological polar surface area (TPSA) is 129 Å². The van der Waals surface area contributed by atoms with Crippen LogP contribution in [0.15, 0.2) is 34.8 Å². The van der Waals surface area contributed by atoms with Gasteiger partial charge in [0.2, 0.25) is 11.9 Å². The van der Waals surface area contributed by atoms with Crippen LogP contribution in [0, 0.1) is 6.92 Å². The molecule has 8 nitrogen and oxygen atoms in total. The maximum atomic E-state index is 13.1. The molecule has 0 radical (unpaired) electrons. The molecule has 0 aliphatic rings. The van der Waals surface area contributed by atoms with Gasteiger partial charge in [-0.15, -0.1) is 21.5 Å². The summed E-state index contributed by atoms with van der Waals surface area (Å²) >= 11 is 2.72. The molecule has 30 heavy (non-hydrogen) atoms. The number of rotatable bonds is 8. The molecular formula is C20H24N6O2S2. The highest BCUT2D eigenvalue weighted by molar-refractivity contribution is 7.99. The number of hydrogen-bond donors (Lipinski definition) is 3. The zero-order valence-corrected chi connectivity index (χ0v) is 18.6. The number of hydrogen-bond acceptors (Lipinski definition) is 7. The highest BCUT2D eigenvalue weighted by atomic mass is 32.2. The van der Waals surface area contributed by atoms with Gasteiger partial charge >= 0.3 is 0 Å². The molecule has 1 aromatic carbocycles. The summed E-state index contributed by atoms with van der Waals surface area (Å²) in [6, 6.07) is 7.17. The summed E-state index contributed by atoms with van der Waals surface area (Å²) in [6.45, 7) is 5.86. The molecule has 10 heteroatoms. The van der Waals surface area contributed by atoms with Gasteiger partial charge in [0.05, 0.1) is 5.56 Å². The molecule has 3 rings (SSSR count). The number of aryl methyl sites for hydroxylation is 1. The van der Waals surface area contributed by atoms with Crippen molar-refractivity contribution in [2.45, 2.75) is 38.4 Å². The van der Waals surface area contributed by atoms with Crippen molar-refractivity contribution in [3.05, 3.63) is 40.8 Å². The molecule has 0 aliphatic heterocycles. The SMILES string of the molecule is CCSc1nnc(N)n1C(CC)C(=O)Nc1scc(-c2ccc(C)cc2)c1C(N)=O. The number of amides is 2. The third-order valence-electron chi connectivity index (χ3n) is 4.60. The Morgan fingerprint density at radius 3 is 2.53 bits per heavy atom. The van der Waals surface area contributed by atoms with E-state index >= 15 is 0 Å². The fourth-order valence-electron chi connectivity index (χ4n) is 3.13. The van der Waals surface area contributed by atoms with Crippen molar-refractivity contribution in [3.8, 4) is 11.1 Å². The summed E-state index contributed by atoms with van der Waals surface area (Å²) in [5, 5.41) is 13.7. The highest BCUT2D eigenvalue weighted by Crippen LogP contribution is 2.36. The van der Waals surface area contributed by atoms with Crippen LogP contribution in [-0.2, 0) is 4.79 Å². The number of anilines is 2. The minimum absolute atomic E-state index is 0.176. The Bertz CT molecular complexity index is 1060. The molecule has 0 aliphatic carbocycles. The largest absolute Gasteiger partial charge is 0.368 e. The molecule has 1 atom stereocenters. The number of carbonyl (C=O) groups excluding carboxylic acids is 2. The summed E-state index contributed by atoms with van der Waals surface area (Å²) in [5.41, 5.74) is 14.6. The molecule has 0 bridgehead atoms. The van der Waals surface area contributed by atoms with Gasteiger partial charge in [0.25, 0.3) is 5.91 Å². The van der Waals surface area contributed by atoms with Gasteiger partial charge in [0.1, 0.15) is 11.0 Å². The van der Waals surface area contributed by atoms with Gasteiger partial charge in [-0.1, -0.05) is 55.4 Å². The van der Waals surface area contributed by atoms with Crippen LogP contribution in [0.4, 0.5) is 10.9 Å². The maximum absolute atomic E-state index is 13.1. The summed E-state index contributed by atoms with van der Waals surface area (Å²) in [4.78, 5) is 25.3. The summed E-state index contributed by atoms with van der Waals surface area (Å²) in [5.74, 6) is 0.0462. The van der Waals surface area contributed by atoms with Crippen LogP contribution in [0.5, 0.6) is 0 Å². The van der Waals surface area contributed by atoms with Gasteiger partial charge in [0, 0.05) is 10.9 Å². The lowest BCUT2D eigenvalue weighted by molar-refractivity contribution is -0.119. The van der Waals surface area contributed by atoms with Crippen molar-refractivity contribution in [2.75, 3.05) is 16.8 Å². The van der Waals surface area contributed by atoms with Crippen LogP contribution in [-0.4, -0.2) is 32.3 Å². The minimum atomic E-state index is -0.611. The predicted molar refractivity (Wildman–Crippen MR) is 122 cm³/mol. The Kier molecular flexibility index (Phi) is 6.78. The zero-order chi connectivity index (χ0) is 21.8. The van der Waals surface area contributed by atoms with E-state index in [2.05, 4.69) is 15.5 Å². The van der Waals surface area contributed by atoms with Crippen LogP contribution >= 0.6 is 23.1 Å². The molecule has 2 heterocycles. The van der Waals surface area contributed by atoms with Crippen LogP contribution in [0.1, 0.15) is 42.2 Å². The number of aromatic nitrogens is 3. The Balaban J connectivity index is 1.94. The zero-order valence-electron chi connectivity index (χ0n) is 17.0. The summed E-state index contributed by atoms with van der Waals surface area (Å²) in [7, 11) is 0. The molecule has 3 aromatic rings. The third kappa shape index (κ3) is 4.34. The second-order valence-corrected chi connectivity index (χ2v) is 8.75. The van der Waals surface area contributed by atoms with Gasteiger partial charge in [-0.3, -0.25) is 14.2 Å². The van der Waals surface area contributed by atoms with E-state index in [0.717, 1.165) is 16.9 Å². The van der Waals surface area contributed by atoms with E-state index in [-0.39, 0.29) is 11.9 Å². The number of nitrogens with two attached hydrogens (primary N) is 2. The van der Waals surface area contributed by atoms with Crippen molar-refractivity contribution < 1.29 is 9.59 Å². The Morgan fingerprint density at radius 1 is 1.23 bits per heavy atom. The monoisotopic (exact) mass is 444 g/mol. The second kappa shape index (κ2) is 9.31. The molecule has 0 saturated carbocycles. The number of nitrogen functional groups attached to an aromatic ring is 1. The van der Waals surface area contributed by atoms with Crippen molar-refractivity contribution in [3.63, 3.8) is 0 Å². The van der Waals surface area contributed by atoms with Gasteiger partial charge in [-0.05, 0) is 24.7 Å². The molecule has 1 unspecified atom stereocenters. The number of nitrogens with zero attached hydrogens (tertiary/aromatic N) is 3. The average Bonchev–Trinajstić information content (AvgIpc) is 3.28. The van der Waals surface area contributed by atoms with Crippen LogP contribution in [0.25, 0.3) is 11.1 Å². The number of nitrogens with one attached hydrogen (secondary N) is 1. The maximum Gasteiger partial charge on any atom is 0.252 e. The van der Waals surface area contributed by atoms with E-state index in [4.69, 9.17) is 11.5 Å². The fourth-order valence-corrected chi connectivity index (χ4v) is 4.82. The van der Waals surface area contributed by atoms with Gasteiger partial charge < -0.3 is 16.8 Å². The number of thioether (sulfide) groups is 1. The molecule has 158 valence electrons. The number of thiophene rings is 1. The van der Waals surface area contributed by atoms with Crippen LogP contribution in [0.2, 0.25) is 0 Å². The van der Waals surface area contributed by atoms with E-state index in [1.165, 1.54) is 23.1 Å². The lowest BCUT2D eigenvalue weighted by Crippen LogP contribution is -2.27. The molecular weight excluding hydrogens is 420 g/mol. The first-order valence-electron chi connectivity index (χ1n) is 9.49. The minimum Gasteiger partial charge on any atom is -0.368 e.